The molecule has 0 amide bonds. The standard InChI is InChI=1S/C11H10N2O2/c14-13(15)10-8-3-1-2-4-9(8)11(5-6-11)7-12-10/h1-4,7,10H,5-6H2. The SMILES string of the molecule is O=[N+]([O-])C1N=CC2(CC2)c2ccccc21. The highest BCUT2D eigenvalue weighted by atomic mass is 16.6. The van der Waals surface area contributed by atoms with Crippen LogP contribution in [-0.4, -0.2) is 11.1 Å². The Morgan fingerprint density at radius 3 is 2.80 bits per heavy atom. The van der Waals surface area contributed by atoms with Gasteiger partial charge in [0.1, 0.15) is 0 Å². The van der Waals surface area contributed by atoms with Crippen LogP contribution in [0, 0.1) is 10.1 Å². The first kappa shape index (κ1) is 8.59. The van der Waals surface area contributed by atoms with Gasteiger partial charge < -0.3 is 0 Å². The maximum atomic E-state index is 10.8. The summed E-state index contributed by atoms with van der Waals surface area (Å²) < 4.78 is 0. The normalized spacial score (nSPS) is 24.9. The zero-order chi connectivity index (χ0) is 10.5. The topological polar surface area (TPSA) is 55.5 Å². The molecule has 0 aromatic heterocycles. The lowest BCUT2D eigenvalue weighted by Crippen LogP contribution is -2.22. The van der Waals surface area contributed by atoms with Crippen LogP contribution in [0.1, 0.15) is 30.1 Å². The van der Waals surface area contributed by atoms with Crippen molar-refractivity contribution in [2.24, 2.45) is 4.99 Å². The van der Waals surface area contributed by atoms with Gasteiger partial charge in [-0.25, -0.2) is 4.99 Å². The summed E-state index contributed by atoms with van der Waals surface area (Å²) >= 11 is 0. The summed E-state index contributed by atoms with van der Waals surface area (Å²) in [5.41, 5.74) is 1.90. The zero-order valence-corrected chi connectivity index (χ0v) is 8.09. The van der Waals surface area contributed by atoms with Crippen LogP contribution in [0.4, 0.5) is 0 Å². The molecule has 1 aliphatic heterocycles. The number of fused-ring (bicyclic) bond motifs is 2. The van der Waals surface area contributed by atoms with Crippen molar-refractivity contribution in [3.8, 4) is 0 Å². The van der Waals surface area contributed by atoms with E-state index in [9.17, 15) is 10.1 Å². The van der Waals surface area contributed by atoms with Gasteiger partial charge in [0, 0.05) is 11.6 Å². The van der Waals surface area contributed by atoms with Crippen molar-refractivity contribution in [1.29, 1.82) is 0 Å². The number of nitrogens with zero attached hydrogens (tertiary/aromatic N) is 2. The van der Waals surface area contributed by atoms with Crippen LogP contribution in [-0.2, 0) is 5.41 Å². The molecule has 1 saturated carbocycles. The van der Waals surface area contributed by atoms with Crippen LogP contribution < -0.4 is 0 Å². The fourth-order valence-electron chi connectivity index (χ4n) is 2.24. The lowest BCUT2D eigenvalue weighted by molar-refractivity contribution is -0.527. The number of hydrogen-bond donors (Lipinski definition) is 0. The highest BCUT2D eigenvalue weighted by Crippen LogP contribution is 2.51. The fraction of sp³-hybridized carbons (Fsp3) is 0.364. The number of aliphatic imine (C=N–C) groups is 1. The highest BCUT2D eigenvalue weighted by Gasteiger charge is 2.48. The molecule has 1 spiro atoms. The van der Waals surface area contributed by atoms with E-state index in [2.05, 4.69) is 4.99 Å². The van der Waals surface area contributed by atoms with Crippen molar-refractivity contribution >= 4 is 6.21 Å². The molecule has 1 heterocycles. The van der Waals surface area contributed by atoms with E-state index in [0.29, 0.717) is 0 Å². The Morgan fingerprint density at radius 2 is 2.13 bits per heavy atom. The van der Waals surface area contributed by atoms with Crippen molar-refractivity contribution in [2.75, 3.05) is 0 Å². The van der Waals surface area contributed by atoms with E-state index in [1.165, 1.54) is 0 Å². The molecule has 1 aromatic rings. The second-order valence-corrected chi connectivity index (χ2v) is 4.18. The van der Waals surface area contributed by atoms with Crippen molar-refractivity contribution in [2.45, 2.75) is 24.4 Å². The summed E-state index contributed by atoms with van der Waals surface area (Å²) in [6, 6.07) is 7.59. The molecule has 0 radical (unpaired) electrons. The predicted molar refractivity (Wildman–Crippen MR) is 55.6 cm³/mol. The van der Waals surface area contributed by atoms with Crippen molar-refractivity contribution in [3.63, 3.8) is 0 Å². The molecule has 1 atom stereocenters. The molecule has 0 N–H and O–H groups in total. The van der Waals surface area contributed by atoms with E-state index in [0.717, 1.165) is 24.0 Å². The first-order chi connectivity index (χ1) is 7.23. The van der Waals surface area contributed by atoms with E-state index in [4.69, 9.17) is 0 Å². The Kier molecular flexibility index (Phi) is 1.52. The van der Waals surface area contributed by atoms with Gasteiger partial charge in [-0.3, -0.25) is 10.1 Å². The van der Waals surface area contributed by atoms with E-state index in [1.807, 2.05) is 24.3 Å². The van der Waals surface area contributed by atoms with Crippen LogP contribution in [0.25, 0.3) is 0 Å². The van der Waals surface area contributed by atoms with Crippen LogP contribution in [0.15, 0.2) is 29.3 Å². The Labute approximate surface area is 86.8 Å². The number of nitro groups is 1. The highest BCUT2D eigenvalue weighted by molar-refractivity contribution is 5.80. The first-order valence-electron chi connectivity index (χ1n) is 5.00. The van der Waals surface area contributed by atoms with Gasteiger partial charge in [0.25, 0.3) is 0 Å². The molecule has 15 heavy (non-hydrogen) atoms. The Hall–Kier alpha value is -1.71. The van der Waals surface area contributed by atoms with Gasteiger partial charge in [0.2, 0.25) is 0 Å². The van der Waals surface area contributed by atoms with Crippen molar-refractivity contribution in [1.82, 2.24) is 0 Å². The number of benzene rings is 1. The van der Waals surface area contributed by atoms with Gasteiger partial charge in [0.15, 0.2) is 0 Å². The molecule has 0 bridgehead atoms. The smallest absolute Gasteiger partial charge is 0.262 e. The van der Waals surface area contributed by atoms with Gasteiger partial charge in [-0.15, -0.1) is 0 Å². The van der Waals surface area contributed by atoms with Crippen molar-refractivity contribution in [3.05, 3.63) is 45.5 Å². The number of rotatable bonds is 1. The van der Waals surface area contributed by atoms with Gasteiger partial charge >= 0.3 is 6.17 Å². The minimum atomic E-state index is -0.896. The zero-order valence-electron chi connectivity index (χ0n) is 8.09. The molecule has 1 aromatic carbocycles. The van der Waals surface area contributed by atoms with E-state index in [1.54, 1.807) is 6.21 Å². The van der Waals surface area contributed by atoms with E-state index < -0.39 is 6.17 Å². The average Bonchev–Trinajstić information content (AvgIpc) is 2.99. The third-order valence-electron chi connectivity index (χ3n) is 3.23. The Balaban J connectivity index is 2.17. The minimum Gasteiger partial charge on any atom is -0.262 e. The second kappa shape index (κ2) is 2.66. The van der Waals surface area contributed by atoms with Crippen LogP contribution in [0.2, 0.25) is 0 Å². The molecule has 4 nitrogen and oxygen atoms in total. The molecule has 3 rings (SSSR count). The first-order valence-corrected chi connectivity index (χ1v) is 5.00. The van der Waals surface area contributed by atoms with Gasteiger partial charge in [-0.05, 0) is 24.5 Å². The molecule has 2 aliphatic rings. The summed E-state index contributed by atoms with van der Waals surface area (Å²) in [6.45, 7) is 0. The summed E-state index contributed by atoms with van der Waals surface area (Å²) in [5.74, 6) is 0. The average molecular weight is 202 g/mol. The molecular weight excluding hydrogens is 192 g/mol. The van der Waals surface area contributed by atoms with E-state index in [-0.39, 0.29) is 10.3 Å². The monoisotopic (exact) mass is 202 g/mol. The third-order valence-corrected chi connectivity index (χ3v) is 3.23. The summed E-state index contributed by atoms with van der Waals surface area (Å²) in [4.78, 5) is 14.6. The van der Waals surface area contributed by atoms with Crippen LogP contribution >= 0.6 is 0 Å². The molecule has 0 saturated heterocycles. The third kappa shape index (κ3) is 1.11. The second-order valence-electron chi connectivity index (χ2n) is 4.18. The summed E-state index contributed by atoms with van der Waals surface area (Å²) in [5, 5.41) is 10.8. The molecule has 1 aliphatic carbocycles. The maximum Gasteiger partial charge on any atom is 0.329 e. The lowest BCUT2D eigenvalue weighted by Gasteiger charge is -2.20. The fourth-order valence-corrected chi connectivity index (χ4v) is 2.24. The molecule has 1 unspecified atom stereocenters. The van der Waals surface area contributed by atoms with Gasteiger partial charge in [-0.1, -0.05) is 18.2 Å². The minimum absolute atomic E-state index is 0.0309. The largest absolute Gasteiger partial charge is 0.329 e. The van der Waals surface area contributed by atoms with Gasteiger partial charge in [-0.2, -0.15) is 0 Å². The quantitative estimate of drug-likeness (QED) is 0.517. The summed E-state index contributed by atoms with van der Waals surface area (Å²) in [7, 11) is 0. The molecule has 1 fully saturated rings. The van der Waals surface area contributed by atoms with Crippen LogP contribution in [0.5, 0.6) is 0 Å². The lowest BCUT2D eigenvalue weighted by atomic mass is 9.89. The summed E-state index contributed by atoms with van der Waals surface area (Å²) in [6.07, 6.45) is 3.02. The van der Waals surface area contributed by atoms with Gasteiger partial charge in [0.05, 0.1) is 10.5 Å². The molecule has 76 valence electrons. The molecular formula is C11H10N2O2. The van der Waals surface area contributed by atoms with Crippen molar-refractivity contribution < 1.29 is 4.92 Å². The Bertz CT molecular complexity index is 463. The maximum absolute atomic E-state index is 10.8. The Morgan fingerprint density at radius 1 is 1.40 bits per heavy atom. The predicted octanol–water partition coefficient (Wildman–Crippen LogP) is 2.08. The number of hydrogen-bond acceptors (Lipinski definition) is 3. The molecule has 4 heteroatoms. The van der Waals surface area contributed by atoms with Crippen LogP contribution in [0.3, 0.4) is 0 Å². The van der Waals surface area contributed by atoms with E-state index >= 15 is 0 Å².